The first-order valence-electron chi connectivity index (χ1n) is 5.17. The number of halogens is 3. The number of hydrogen-bond acceptors (Lipinski definition) is 1. The number of nitrogens with zero attached hydrogens (tertiary/aromatic N) is 1. The molecule has 1 aliphatic rings. The van der Waals surface area contributed by atoms with Crippen molar-refractivity contribution in [1.82, 2.24) is 4.90 Å². The van der Waals surface area contributed by atoms with Crippen LogP contribution in [0.25, 0.3) is 0 Å². The average Bonchev–Trinajstić information content (AvgIpc) is 2.01. The Morgan fingerprint density at radius 2 is 2.00 bits per heavy atom. The molecule has 0 bridgehead atoms. The van der Waals surface area contributed by atoms with Crippen LogP contribution in [0, 0.1) is 11.8 Å². The molecule has 14 heavy (non-hydrogen) atoms. The molecule has 0 spiro atoms. The smallest absolute Gasteiger partial charge is 0.295 e. The van der Waals surface area contributed by atoms with Gasteiger partial charge in [0.15, 0.2) is 0 Å². The molecule has 0 aromatic carbocycles. The molecular weight excluding hydrogens is 191 g/mol. The molecule has 0 amide bonds. The summed E-state index contributed by atoms with van der Waals surface area (Å²) in [6.45, 7) is 4.64. The predicted octanol–water partition coefficient (Wildman–Crippen LogP) is 2.92. The summed E-state index contributed by atoms with van der Waals surface area (Å²) in [5, 5.41) is 0. The summed E-state index contributed by atoms with van der Waals surface area (Å²) in [4.78, 5) is 1.54. The van der Waals surface area contributed by atoms with Crippen molar-refractivity contribution in [3.8, 4) is 0 Å². The van der Waals surface area contributed by atoms with Gasteiger partial charge in [0.25, 0.3) is 0 Å². The molecular formula is C10H18F3N. The van der Waals surface area contributed by atoms with Gasteiger partial charge in [0, 0.05) is 6.54 Å². The predicted molar refractivity (Wildman–Crippen MR) is 50.1 cm³/mol. The second kappa shape index (κ2) is 4.51. The zero-order valence-electron chi connectivity index (χ0n) is 8.77. The van der Waals surface area contributed by atoms with Crippen molar-refractivity contribution in [1.29, 1.82) is 0 Å². The normalized spacial score (nSPS) is 25.7. The van der Waals surface area contributed by atoms with E-state index < -0.39 is 12.7 Å². The fourth-order valence-electron chi connectivity index (χ4n) is 2.03. The Hall–Kier alpha value is -0.250. The van der Waals surface area contributed by atoms with E-state index in [4.69, 9.17) is 0 Å². The van der Waals surface area contributed by atoms with Crippen LogP contribution in [0.15, 0.2) is 0 Å². The number of alkyl halides is 3. The highest BCUT2D eigenvalue weighted by atomic mass is 19.4. The second-order valence-corrected chi connectivity index (χ2v) is 4.50. The van der Waals surface area contributed by atoms with Gasteiger partial charge < -0.3 is 0 Å². The zero-order valence-corrected chi connectivity index (χ0v) is 8.77. The maximum Gasteiger partial charge on any atom is 0.401 e. The van der Waals surface area contributed by atoms with Gasteiger partial charge >= 0.3 is 6.18 Å². The Kier molecular flexibility index (Phi) is 3.81. The molecule has 1 rings (SSSR count). The van der Waals surface area contributed by atoms with Gasteiger partial charge in [0.1, 0.15) is 0 Å². The summed E-state index contributed by atoms with van der Waals surface area (Å²) in [6, 6.07) is 0. The molecule has 0 saturated carbocycles. The van der Waals surface area contributed by atoms with Crippen LogP contribution >= 0.6 is 0 Å². The largest absolute Gasteiger partial charge is 0.401 e. The lowest BCUT2D eigenvalue weighted by atomic mass is 9.88. The molecule has 1 nitrogen and oxygen atoms in total. The van der Waals surface area contributed by atoms with Crippen LogP contribution in [0.3, 0.4) is 0 Å². The molecule has 1 aliphatic heterocycles. The van der Waals surface area contributed by atoms with Crippen molar-refractivity contribution in [2.75, 3.05) is 19.6 Å². The molecule has 1 fully saturated rings. The number of likely N-dealkylation sites (tertiary alicyclic amines) is 1. The van der Waals surface area contributed by atoms with Crippen LogP contribution in [0.2, 0.25) is 0 Å². The van der Waals surface area contributed by atoms with Gasteiger partial charge in [0.2, 0.25) is 0 Å². The third-order valence-electron chi connectivity index (χ3n) is 2.89. The van der Waals surface area contributed by atoms with Crippen LogP contribution in [0.1, 0.15) is 26.7 Å². The minimum atomic E-state index is -4.04. The Balaban J connectivity index is 2.40. The fourth-order valence-corrected chi connectivity index (χ4v) is 2.03. The van der Waals surface area contributed by atoms with E-state index >= 15 is 0 Å². The third-order valence-corrected chi connectivity index (χ3v) is 2.89. The van der Waals surface area contributed by atoms with Crippen LogP contribution < -0.4 is 0 Å². The van der Waals surface area contributed by atoms with Gasteiger partial charge in [0.05, 0.1) is 6.54 Å². The third kappa shape index (κ3) is 3.86. The van der Waals surface area contributed by atoms with E-state index in [0.29, 0.717) is 24.9 Å². The van der Waals surface area contributed by atoms with Crippen molar-refractivity contribution in [3.63, 3.8) is 0 Å². The lowest BCUT2D eigenvalue weighted by Gasteiger charge is -2.35. The lowest BCUT2D eigenvalue weighted by molar-refractivity contribution is -0.150. The minimum Gasteiger partial charge on any atom is -0.295 e. The topological polar surface area (TPSA) is 3.24 Å². The maximum atomic E-state index is 12.1. The number of rotatable bonds is 2. The minimum absolute atomic E-state index is 0.436. The highest BCUT2D eigenvalue weighted by Gasteiger charge is 2.33. The van der Waals surface area contributed by atoms with Crippen LogP contribution in [-0.4, -0.2) is 30.7 Å². The van der Waals surface area contributed by atoms with Crippen molar-refractivity contribution in [3.05, 3.63) is 0 Å². The number of piperidine rings is 1. The standard InChI is InChI=1S/C10H18F3N/c1-8(2)9-4-3-5-14(6-9)7-10(11,12)13/h8-9H,3-7H2,1-2H3. The summed E-state index contributed by atoms with van der Waals surface area (Å²) in [5.74, 6) is 0.928. The van der Waals surface area contributed by atoms with Gasteiger partial charge in [-0.05, 0) is 31.2 Å². The lowest BCUT2D eigenvalue weighted by Crippen LogP contribution is -2.42. The van der Waals surface area contributed by atoms with E-state index in [-0.39, 0.29) is 0 Å². The Morgan fingerprint density at radius 1 is 1.36 bits per heavy atom. The summed E-state index contributed by atoms with van der Waals surface area (Å²) < 4.78 is 36.4. The number of hydrogen-bond donors (Lipinski definition) is 0. The van der Waals surface area contributed by atoms with E-state index in [9.17, 15) is 13.2 Å². The maximum absolute atomic E-state index is 12.1. The Labute approximate surface area is 83.3 Å². The highest BCUT2D eigenvalue weighted by molar-refractivity contribution is 4.76. The summed E-state index contributed by atoms with van der Waals surface area (Å²) in [5.41, 5.74) is 0. The molecule has 1 unspecified atom stereocenters. The molecule has 84 valence electrons. The van der Waals surface area contributed by atoms with Gasteiger partial charge in [-0.25, -0.2) is 0 Å². The quantitative estimate of drug-likeness (QED) is 0.676. The molecule has 4 heteroatoms. The molecule has 0 radical (unpaired) electrons. The van der Waals surface area contributed by atoms with Crippen molar-refractivity contribution in [2.45, 2.75) is 32.9 Å². The molecule has 0 aromatic heterocycles. The van der Waals surface area contributed by atoms with Gasteiger partial charge in [-0.3, -0.25) is 4.90 Å². The first-order chi connectivity index (χ1) is 6.38. The fraction of sp³-hybridized carbons (Fsp3) is 1.00. The molecule has 0 N–H and O–H groups in total. The summed E-state index contributed by atoms with van der Waals surface area (Å²) in [6.07, 6.45) is -2.07. The average molecular weight is 209 g/mol. The zero-order chi connectivity index (χ0) is 10.8. The van der Waals surface area contributed by atoms with Crippen LogP contribution in [0.4, 0.5) is 13.2 Å². The second-order valence-electron chi connectivity index (χ2n) is 4.50. The van der Waals surface area contributed by atoms with E-state index in [0.717, 1.165) is 12.8 Å². The van der Waals surface area contributed by atoms with Crippen LogP contribution in [-0.2, 0) is 0 Å². The van der Waals surface area contributed by atoms with Crippen LogP contribution in [0.5, 0.6) is 0 Å². The van der Waals surface area contributed by atoms with E-state index in [1.165, 1.54) is 4.90 Å². The van der Waals surface area contributed by atoms with Crippen molar-refractivity contribution in [2.24, 2.45) is 11.8 Å². The van der Waals surface area contributed by atoms with Gasteiger partial charge in [-0.2, -0.15) is 13.2 Å². The van der Waals surface area contributed by atoms with E-state index in [2.05, 4.69) is 13.8 Å². The Bertz CT molecular complexity index is 177. The molecule has 1 atom stereocenters. The van der Waals surface area contributed by atoms with Gasteiger partial charge in [-0.1, -0.05) is 13.8 Å². The SMILES string of the molecule is CC(C)C1CCCN(CC(F)(F)F)C1. The molecule has 1 saturated heterocycles. The van der Waals surface area contributed by atoms with E-state index in [1.54, 1.807) is 0 Å². The van der Waals surface area contributed by atoms with E-state index in [1.807, 2.05) is 0 Å². The van der Waals surface area contributed by atoms with Crippen molar-refractivity contribution < 1.29 is 13.2 Å². The Morgan fingerprint density at radius 3 is 2.50 bits per heavy atom. The molecule has 0 aromatic rings. The first kappa shape index (κ1) is 11.8. The highest BCUT2D eigenvalue weighted by Crippen LogP contribution is 2.26. The molecule has 1 heterocycles. The van der Waals surface area contributed by atoms with Gasteiger partial charge in [-0.15, -0.1) is 0 Å². The van der Waals surface area contributed by atoms with Crippen molar-refractivity contribution >= 4 is 0 Å². The molecule has 0 aliphatic carbocycles. The summed E-state index contributed by atoms with van der Waals surface area (Å²) >= 11 is 0. The monoisotopic (exact) mass is 209 g/mol. The first-order valence-corrected chi connectivity index (χ1v) is 5.17. The summed E-state index contributed by atoms with van der Waals surface area (Å²) in [7, 11) is 0.